The Bertz CT molecular complexity index is 1190. The molecule has 36 heavy (non-hydrogen) atoms. The first kappa shape index (κ1) is 26.0. The highest BCUT2D eigenvalue weighted by atomic mass is 16.7. The van der Waals surface area contributed by atoms with Gasteiger partial charge in [-0.1, -0.05) is 30.3 Å². The number of aromatic hydroxyl groups is 1. The first-order chi connectivity index (χ1) is 17.3. The van der Waals surface area contributed by atoms with Crippen molar-refractivity contribution in [3.63, 3.8) is 0 Å². The Morgan fingerprint density at radius 1 is 1.14 bits per heavy atom. The zero-order valence-electron chi connectivity index (χ0n) is 19.3. The molecule has 0 spiro atoms. The predicted molar refractivity (Wildman–Crippen MR) is 126 cm³/mol. The van der Waals surface area contributed by atoms with Crippen molar-refractivity contribution in [2.24, 2.45) is 4.99 Å². The maximum absolute atomic E-state index is 12.1. The molecule has 0 fully saturated rings. The highest BCUT2D eigenvalue weighted by Crippen LogP contribution is 2.14. The van der Waals surface area contributed by atoms with Gasteiger partial charge in [-0.3, -0.25) is 23.9 Å². The molecule has 0 unspecified atom stereocenters. The van der Waals surface area contributed by atoms with Gasteiger partial charge in [-0.15, -0.1) is 0 Å². The maximum Gasteiger partial charge on any atom is 0.334 e. The van der Waals surface area contributed by atoms with Crippen LogP contribution in [0.4, 0.5) is 0 Å². The van der Waals surface area contributed by atoms with E-state index in [-0.39, 0.29) is 24.4 Å². The molecule has 3 rings (SSSR count). The van der Waals surface area contributed by atoms with Gasteiger partial charge in [0.1, 0.15) is 6.54 Å². The third-order valence-corrected chi connectivity index (χ3v) is 5.05. The highest BCUT2D eigenvalue weighted by molar-refractivity contribution is 6.42. The van der Waals surface area contributed by atoms with Crippen LogP contribution in [0.25, 0.3) is 0 Å². The van der Waals surface area contributed by atoms with E-state index in [2.05, 4.69) is 30.8 Å². The van der Waals surface area contributed by atoms with E-state index < -0.39 is 35.8 Å². The number of rotatable bonds is 11. The van der Waals surface area contributed by atoms with Crippen LogP contribution in [0.2, 0.25) is 0 Å². The summed E-state index contributed by atoms with van der Waals surface area (Å²) < 4.78 is 0.883. The quantitative estimate of drug-likeness (QED) is 0.0902. The largest absolute Gasteiger partial charge is 0.493 e. The number of guanidine groups is 1. The number of imidazole rings is 1. The van der Waals surface area contributed by atoms with Crippen molar-refractivity contribution >= 4 is 29.5 Å². The number of nitrogens with one attached hydrogen (secondary N) is 5. The van der Waals surface area contributed by atoms with Crippen molar-refractivity contribution in [3.05, 3.63) is 52.1 Å². The fourth-order valence-electron chi connectivity index (χ4n) is 3.25. The number of hydrogen-bond acceptors (Lipinski definition) is 10. The van der Waals surface area contributed by atoms with Gasteiger partial charge in [0.25, 0.3) is 5.78 Å². The Hall–Kier alpha value is -4.62. The zero-order valence-corrected chi connectivity index (χ0v) is 19.3. The van der Waals surface area contributed by atoms with E-state index in [1.807, 2.05) is 0 Å². The average Bonchev–Trinajstić information content (AvgIpc) is 3.49. The van der Waals surface area contributed by atoms with E-state index in [1.165, 1.54) is 12.1 Å². The van der Waals surface area contributed by atoms with Crippen molar-refractivity contribution in [1.82, 2.24) is 31.0 Å². The number of carbonyl (C=O) groups excluding carboxylic acids is 4. The van der Waals surface area contributed by atoms with Crippen LogP contribution in [0.15, 0.2) is 40.1 Å². The molecule has 0 bridgehead atoms. The van der Waals surface area contributed by atoms with Gasteiger partial charge in [0.15, 0.2) is 5.96 Å². The number of aliphatic imine (C=N–C) groups is 1. The van der Waals surface area contributed by atoms with Crippen molar-refractivity contribution in [2.75, 3.05) is 26.2 Å². The van der Waals surface area contributed by atoms with Crippen molar-refractivity contribution in [3.8, 4) is 5.88 Å². The summed E-state index contributed by atoms with van der Waals surface area (Å²) in [5.74, 6) is -3.12. The fraction of sp³-hybridized carbons (Fsp3) is 0.364. The molecule has 0 saturated heterocycles. The highest BCUT2D eigenvalue weighted by Gasteiger charge is 2.18. The Kier molecular flexibility index (Phi) is 9.19. The van der Waals surface area contributed by atoms with Gasteiger partial charge in [-0.2, -0.15) is 5.48 Å². The number of carbonyl (C=O) groups is 4. The second kappa shape index (κ2) is 12.7. The first-order valence-corrected chi connectivity index (χ1v) is 11.2. The van der Waals surface area contributed by atoms with E-state index in [0.717, 1.165) is 17.7 Å². The van der Waals surface area contributed by atoms with Crippen molar-refractivity contribution in [1.29, 1.82) is 0 Å². The molecule has 14 nitrogen and oxygen atoms in total. The van der Waals surface area contributed by atoms with Crippen LogP contribution in [0, 0.1) is 0 Å². The minimum absolute atomic E-state index is 0.137. The summed E-state index contributed by atoms with van der Waals surface area (Å²) in [4.78, 5) is 70.9. The summed E-state index contributed by atoms with van der Waals surface area (Å²) >= 11 is 0. The van der Waals surface area contributed by atoms with Gasteiger partial charge in [-0.05, 0) is 12.8 Å². The molecular formula is C22H27N7O7. The van der Waals surface area contributed by atoms with Crippen LogP contribution < -0.4 is 27.1 Å². The molecule has 0 saturated carbocycles. The minimum atomic E-state index is -1.11. The molecule has 1 aromatic heterocycles. The minimum Gasteiger partial charge on any atom is -0.493 e. The average molecular weight is 502 g/mol. The van der Waals surface area contributed by atoms with Gasteiger partial charge in [0.2, 0.25) is 11.8 Å². The number of benzene rings is 1. The van der Waals surface area contributed by atoms with E-state index in [0.29, 0.717) is 31.0 Å². The van der Waals surface area contributed by atoms with Crippen LogP contribution in [0.1, 0.15) is 28.9 Å². The number of hydroxylamine groups is 1. The summed E-state index contributed by atoms with van der Waals surface area (Å²) in [6.07, 6.45) is 0.675. The van der Waals surface area contributed by atoms with Gasteiger partial charge in [0, 0.05) is 25.2 Å². The maximum atomic E-state index is 12.1. The second-order valence-corrected chi connectivity index (χ2v) is 7.71. The second-order valence-electron chi connectivity index (χ2n) is 7.71. The number of aromatic amines is 1. The van der Waals surface area contributed by atoms with Gasteiger partial charge in [-0.25, -0.2) is 9.59 Å². The third-order valence-electron chi connectivity index (χ3n) is 5.05. The lowest BCUT2D eigenvalue weighted by molar-refractivity contribution is -0.156. The molecule has 1 aliphatic rings. The number of hydrogen-bond donors (Lipinski definition) is 6. The summed E-state index contributed by atoms with van der Waals surface area (Å²) in [6, 6.07) is 7.73. The summed E-state index contributed by atoms with van der Waals surface area (Å²) in [7, 11) is 0. The molecule has 1 aromatic carbocycles. The zero-order chi connectivity index (χ0) is 25.9. The third kappa shape index (κ3) is 7.44. The molecule has 2 aromatic rings. The molecule has 0 aliphatic carbocycles. The topological polar surface area (TPSA) is 196 Å². The summed E-state index contributed by atoms with van der Waals surface area (Å²) in [5.41, 5.74) is 1.57. The number of ketones is 1. The Labute approximate surface area is 205 Å². The lowest BCUT2D eigenvalue weighted by atomic mass is 10.1. The number of aromatic nitrogens is 2. The number of H-pyrrole nitrogens is 1. The smallest absolute Gasteiger partial charge is 0.334 e. The molecule has 14 heteroatoms. The number of Topliss-reactive ketones (excluding diaryl/α,β-unsaturated/α-hetero) is 1. The molecule has 2 heterocycles. The molecule has 0 radical (unpaired) electrons. The SMILES string of the molecule is O=C(Cn1c(O)c(CCCNC2=NCCN2)[nH]c1=O)NCCC(=O)ONC(=O)C(=O)c1ccccc1. The van der Waals surface area contributed by atoms with Crippen LogP contribution >= 0.6 is 0 Å². The standard InChI is InChI=1S/C22H27N7O7/c30-16(23-10-8-17(31)36-28-19(33)18(32)14-5-2-1-3-6-14)13-29-20(34)15(27-22(29)35)7-4-9-24-21-25-11-12-26-21/h1-3,5-6,34H,4,7-13H2,(H,23,30)(H,27,35)(H,28,33)(H2,24,25,26). The number of amides is 2. The molecule has 0 atom stereocenters. The monoisotopic (exact) mass is 501 g/mol. The van der Waals surface area contributed by atoms with E-state index in [9.17, 15) is 29.1 Å². The summed E-state index contributed by atoms with van der Waals surface area (Å²) in [5, 5.41) is 18.9. The molecule has 192 valence electrons. The predicted octanol–water partition coefficient (Wildman–Crippen LogP) is -1.67. The van der Waals surface area contributed by atoms with Crippen molar-refractivity contribution in [2.45, 2.75) is 25.8 Å². The van der Waals surface area contributed by atoms with Gasteiger partial charge in [0.05, 0.1) is 18.7 Å². The lowest BCUT2D eigenvalue weighted by Gasteiger charge is -2.08. The molecule has 6 N–H and O–H groups in total. The first-order valence-electron chi connectivity index (χ1n) is 11.2. The van der Waals surface area contributed by atoms with Gasteiger partial charge >= 0.3 is 17.6 Å². The van der Waals surface area contributed by atoms with Gasteiger partial charge < -0.3 is 30.9 Å². The molecule has 1 aliphatic heterocycles. The van der Waals surface area contributed by atoms with E-state index >= 15 is 0 Å². The normalized spacial score (nSPS) is 12.3. The van der Waals surface area contributed by atoms with Crippen LogP contribution in [0.3, 0.4) is 0 Å². The number of aryl methyl sites for hydroxylation is 1. The Morgan fingerprint density at radius 3 is 2.64 bits per heavy atom. The van der Waals surface area contributed by atoms with Crippen LogP contribution in [-0.2, 0) is 32.2 Å². The molecular weight excluding hydrogens is 474 g/mol. The molecule has 2 amide bonds. The number of nitrogens with zero attached hydrogens (tertiary/aromatic N) is 2. The van der Waals surface area contributed by atoms with Crippen molar-refractivity contribution < 1.29 is 29.1 Å². The Morgan fingerprint density at radius 2 is 1.92 bits per heavy atom. The van der Waals surface area contributed by atoms with Crippen LogP contribution in [0.5, 0.6) is 5.88 Å². The van der Waals surface area contributed by atoms with E-state index in [1.54, 1.807) is 23.7 Å². The van der Waals surface area contributed by atoms with E-state index in [4.69, 9.17) is 0 Å². The van der Waals surface area contributed by atoms with Crippen LogP contribution in [-0.4, -0.2) is 70.4 Å². The Balaban J connectivity index is 1.35. The summed E-state index contributed by atoms with van der Waals surface area (Å²) in [6.45, 7) is 1.47. The fourth-order valence-corrected chi connectivity index (χ4v) is 3.25. The lowest BCUT2D eigenvalue weighted by Crippen LogP contribution is -2.35.